The van der Waals surface area contributed by atoms with Gasteiger partial charge in [-0.2, -0.15) is 0 Å². The van der Waals surface area contributed by atoms with Crippen LogP contribution in [0.15, 0.2) is 0 Å². The van der Waals surface area contributed by atoms with Gasteiger partial charge in [0.05, 0.1) is 13.1 Å². The van der Waals surface area contributed by atoms with Crippen molar-refractivity contribution in [1.82, 2.24) is 0 Å². The number of nitrogens with zero attached hydrogens (tertiary/aromatic N) is 1. The normalized spacial score (nSPS) is 32.0. The Kier molecular flexibility index (Phi) is 2.37. The molecule has 4 N–H and O–H groups in total. The summed E-state index contributed by atoms with van der Waals surface area (Å²) in [6.45, 7) is 6.52. The first-order chi connectivity index (χ1) is 5.09. The van der Waals surface area contributed by atoms with Gasteiger partial charge in [0.25, 0.3) is 0 Å². The Morgan fingerprint density at radius 2 is 1.64 bits per heavy atom. The molecule has 3 nitrogen and oxygen atoms in total. The Bertz CT molecular complexity index is 158. The lowest BCUT2D eigenvalue weighted by atomic mass is 9.93. The Morgan fingerprint density at radius 1 is 1.18 bits per heavy atom. The minimum atomic E-state index is 0.475. The molecule has 1 fully saturated rings. The molecule has 64 valence electrons. The maximum atomic E-state index is 5.51. The zero-order valence-electron chi connectivity index (χ0n) is 7.38. The van der Waals surface area contributed by atoms with Crippen LogP contribution in [0, 0.1) is 11.8 Å². The van der Waals surface area contributed by atoms with E-state index in [9.17, 15) is 0 Å². The molecule has 0 amide bonds. The van der Waals surface area contributed by atoms with Crippen molar-refractivity contribution in [3.63, 3.8) is 0 Å². The van der Waals surface area contributed by atoms with Crippen LogP contribution in [0.2, 0.25) is 0 Å². The van der Waals surface area contributed by atoms with Crippen molar-refractivity contribution in [3.05, 3.63) is 0 Å². The van der Waals surface area contributed by atoms with Gasteiger partial charge in [0.1, 0.15) is 0 Å². The minimum Gasteiger partial charge on any atom is -0.291 e. The van der Waals surface area contributed by atoms with Crippen LogP contribution < -0.4 is 11.5 Å². The Morgan fingerprint density at radius 3 is 2.00 bits per heavy atom. The molecule has 2 atom stereocenters. The SMILES string of the molecule is C[C@@H]1C[C@H](C)C[N+](=C(N)N)C1. The molecular weight excluding hydrogens is 138 g/mol. The first-order valence-corrected chi connectivity index (χ1v) is 4.22. The van der Waals surface area contributed by atoms with Crippen LogP contribution in [0.3, 0.4) is 0 Å². The lowest BCUT2D eigenvalue weighted by Crippen LogP contribution is -2.43. The molecule has 3 heteroatoms. The van der Waals surface area contributed by atoms with E-state index < -0.39 is 0 Å². The van der Waals surface area contributed by atoms with Crippen LogP contribution in [0.25, 0.3) is 0 Å². The van der Waals surface area contributed by atoms with Gasteiger partial charge in [-0.15, -0.1) is 0 Å². The van der Waals surface area contributed by atoms with Gasteiger partial charge >= 0.3 is 5.96 Å². The fourth-order valence-corrected chi connectivity index (χ4v) is 1.87. The molecule has 0 unspecified atom stereocenters. The fraction of sp³-hybridized carbons (Fsp3) is 0.875. The largest absolute Gasteiger partial charge is 0.341 e. The standard InChI is InChI=1S/C8H17N3/c1-6-3-7(2)5-11(4-6)8(9)10/h6-7H,3-5H2,1-2H3,(H3,9,10)/p+1/t6-,7+. The summed E-state index contributed by atoms with van der Waals surface area (Å²) in [5.41, 5.74) is 11.0. The third-order valence-corrected chi connectivity index (χ3v) is 2.23. The Balaban J connectivity index is 2.64. The first-order valence-electron chi connectivity index (χ1n) is 4.22. The highest BCUT2D eigenvalue weighted by Gasteiger charge is 2.21. The summed E-state index contributed by atoms with van der Waals surface area (Å²) in [4.78, 5) is 0. The lowest BCUT2D eigenvalue weighted by molar-refractivity contribution is -0.554. The second-order valence-electron chi connectivity index (χ2n) is 3.78. The van der Waals surface area contributed by atoms with Crippen LogP contribution >= 0.6 is 0 Å². The predicted octanol–water partition coefficient (Wildman–Crippen LogP) is -0.0518. The van der Waals surface area contributed by atoms with Crippen molar-refractivity contribution in [2.45, 2.75) is 20.3 Å². The van der Waals surface area contributed by atoms with Crippen molar-refractivity contribution in [1.29, 1.82) is 0 Å². The van der Waals surface area contributed by atoms with Crippen LogP contribution in [0.1, 0.15) is 20.3 Å². The summed E-state index contributed by atoms with van der Waals surface area (Å²) in [6, 6.07) is 0. The number of hydrogen-bond donors (Lipinski definition) is 2. The molecule has 11 heavy (non-hydrogen) atoms. The zero-order valence-corrected chi connectivity index (χ0v) is 7.38. The van der Waals surface area contributed by atoms with Crippen molar-refractivity contribution < 1.29 is 4.58 Å². The van der Waals surface area contributed by atoms with Crippen molar-refractivity contribution >= 4 is 5.96 Å². The van der Waals surface area contributed by atoms with Gasteiger partial charge in [-0.25, -0.2) is 0 Å². The second-order valence-corrected chi connectivity index (χ2v) is 3.78. The van der Waals surface area contributed by atoms with Gasteiger partial charge < -0.3 is 0 Å². The highest BCUT2D eigenvalue weighted by atomic mass is 15.1. The maximum Gasteiger partial charge on any atom is 0.341 e. The molecule has 0 aliphatic carbocycles. The summed E-state index contributed by atoms with van der Waals surface area (Å²) >= 11 is 0. The molecule has 0 bridgehead atoms. The molecule has 0 aromatic carbocycles. The van der Waals surface area contributed by atoms with E-state index in [1.807, 2.05) is 0 Å². The molecule has 0 spiro atoms. The summed E-state index contributed by atoms with van der Waals surface area (Å²) < 4.78 is 2.07. The molecule has 1 saturated heterocycles. The quantitative estimate of drug-likeness (QED) is 0.381. The van der Waals surface area contributed by atoms with Gasteiger partial charge in [-0.3, -0.25) is 16.0 Å². The van der Waals surface area contributed by atoms with E-state index in [1.54, 1.807) is 0 Å². The Hall–Kier alpha value is -0.730. The summed E-state index contributed by atoms with van der Waals surface area (Å²) in [7, 11) is 0. The van der Waals surface area contributed by atoms with Gasteiger partial charge in [-0.1, -0.05) is 13.8 Å². The molecule has 1 rings (SSSR count). The molecule has 1 aliphatic heterocycles. The maximum absolute atomic E-state index is 5.51. The average molecular weight is 156 g/mol. The number of rotatable bonds is 0. The van der Waals surface area contributed by atoms with E-state index >= 15 is 0 Å². The Labute approximate surface area is 68.1 Å². The topological polar surface area (TPSA) is 55.0 Å². The molecular formula is C8H18N3+. The van der Waals surface area contributed by atoms with E-state index in [1.165, 1.54) is 6.42 Å². The summed E-state index contributed by atoms with van der Waals surface area (Å²) in [5.74, 6) is 1.92. The number of piperidine rings is 1. The highest BCUT2D eigenvalue weighted by molar-refractivity contribution is 5.70. The van der Waals surface area contributed by atoms with E-state index in [0.29, 0.717) is 5.96 Å². The molecule has 0 aromatic heterocycles. The number of nitrogens with two attached hydrogens (primary N) is 2. The van der Waals surface area contributed by atoms with E-state index in [0.717, 1.165) is 24.9 Å². The molecule has 0 saturated carbocycles. The van der Waals surface area contributed by atoms with Gasteiger partial charge in [0.2, 0.25) is 0 Å². The second kappa shape index (κ2) is 3.11. The van der Waals surface area contributed by atoms with Crippen molar-refractivity contribution in [3.8, 4) is 0 Å². The lowest BCUT2D eigenvalue weighted by Gasteiger charge is -2.25. The average Bonchev–Trinajstić information content (AvgIpc) is 1.85. The van der Waals surface area contributed by atoms with Gasteiger partial charge in [-0.05, 0) is 18.3 Å². The first kappa shape index (κ1) is 8.37. The number of guanidine groups is 1. The zero-order chi connectivity index (χ0) is 8.43. The minimum absolute atomic E-state index is 0.475. The van der Waals surface area contributed by atoms with E-state index in [4.69, 9.17) is 11.5 Å². The fourth-order valence-electron chi connectivity index (χ4n) is 1.87. The highest BCUT2D eigenvalue weighted by Crippen LogP contribution is 2.17. The molecule has 1 aliphatic rings. The van der Waals surface area contributed by atoms with Crippen LogP contribution in [0.4, 0.5) is 0 Å². The third kappa shape index (κ3) is 2.10. The van der Waals surface area contributed by atoms with Crippen LogP contribution in [0.5, 0.6) is 0 Å². The van der Waals surface area contributed by atoms with Gasteiger partial charge in [0, 0.05) is 0 Å². The summed E-state index contributed by atoms with van der Waals surface area (Å²) in [5, 5.41) is 0. The smallest absolute Gasteiger partial charge is 0.291 e. The monoisotopic (exact) mass is 156 g/mol. The van der Waals surface area contributed by atoms with E-state index in [-0.39, 0.29) is 0 Å². The molecule has 1 heterocycles. The van der Waals surface area contributed by atoms with Crippen molar-refractivity contribution in [2.75, 3.05) is 13.1 Å². The third-order valence-electron chi connectivity index (χ3n) is 2.23. The van der Waals surface area contributed by atoms with Crippen LogP contribution in [-0.2, 0) is 0 Å². The van der Waals surface area contributed by atoms with Gasteiger partial charge in [0.15, 0.2) is 0 Å². The number of hydrogen-bond acceptors (Lipinski definition) is 0. The van der Waals surface area contributed by atoms with E-state index in [2.05, 4.69) is 18.4 Å². The predicted molar refractivity (Wildman–Crippen MR) is 46.3 cm³/mol. The summed E-state index contributed by atoms with van der Waals surface area (Å²) in [6.07, 6.45) is 1.30. The molecule has 0 aromatic rings. The van der Waals surface area contributed by atoms with Crippen LogP contribution in [-0.4, -0.2) is 23.6 Å². The van der Waals surface area contributed by atoms with Crippen molar-refractivity contribution in [2.24, 2.45) is 23.3 Å². The molecule has 0 radical (unpaired) electrons.